The van der Waals surface area contributed by atoms with E-state index in [1.807, 2.05) is 32.9 Å². The SMILES string of the molecule is Cc1cc(C)c(NC(=O)c2ccccc2S(C)(=O)=O)c(C)c1. The van der Waals surface area contributed by atoms with Gasteiger partial charge in [0.15, 0.2) is 9.84 Å². The molecule has 0 aliphatic carbocycles. The van der Waals surface area contributed by atoms with Gasteiger partial charge in [-0.1, -0.05) is 29.8 Å². The third-order valence-corrected chi connectivity index (χ3v) is 4.60. The molecule has 0 fully saturated rings. The van der Waals surface area contributed by atoms with Gasteiger partial charge >= 0.3 is 0 Å². The monoisotopic (exact) mass is 317 g/mol. The molecule has 1 amide bonds. The average Bonchev–Trinajstić information content (AvgIpc) is 2.41. The Morgan fingerprint density at radius 3 is 2.09 bits per heavy atom. The first-order valence-electron chi connectivity index (χ1n) is 6.88. The van der Waals surface area contributed by atoms with Crippen molar-refractivity contribution in [3.8, 4) is 0 Å². The zero-order chi connectivity index (χ0) is 16.5. The molecule has 5 heteroatoms. The summed E-state index contributed by atoms with van der Waals surface area (Å²) < 4.78 is 23.6. The molecule has 116 valence electrons. The molecule has 0 spiro atoms. The Balaban J connectivity index is 2.44. The van der Waals surface area contributed by atoms with Crippen LogP contribution in [0.4, 0.5) is 5.69 Å². The van der Waals surface area contributed by atoms with Crippen LogP contribution in [0, 0.1) is 20.8 Å². The van der Waals surface area contributed by atoms with Crippen LogP contribution in [0.25, 0.3) is 0 Å². The van der Waals surface area contributed by atoms with E-state index in [1.165, 1.54) is 12.1 Å². The maximum Gasteiger partial charge on any atom is 0.257 e. The zero-order valence-corrected chi connectivity index (χ0v) is 13.9. The van der Waals surface area contributed by atoms with Crippen LogP contribution in [-0.4, -0.2) is 20.6 Å². The summed E-state index contributed by atoms with van der Waals surface area (Å²) in [6, 6.07) is 10.2. The first kappa shape index (κ1) is 16.2. The lowest BCUT2D eigenvalue weighted by atomic mass is 10.0. The Labute approximate surface area is 131 Å². The molecule has 2 aromatic carbocycles. The molecule has 2 aromatic rings. The largest absolute Gasteiger partial charge is 0.321 e. The number of carbonyl (C=O) groups excluding carboxylic acids is 1. The molecule has 0 saturated heterocycles. The number of nitrogens with one attached hydrogen (secondary N) is 1. The van der Waals surface area contributed by atoms with Gasteiger partial charge < -0.3 is 5.32 Å². The Bertz CT molecular complexity index is 816. The fourth-order valence-electron chi connectivity index (χ4n) is 2.54. The van der Waals surface area contributed by atoms with E-state index in [-0.39, 0.29) is 10.5 Å². The molecule has 1 N–H and O–H groups in total. The van der Waals surface area contributed by atoms with E-state index in [1.54, 1.807) is 12.1 Å². The van der Waals surface area contributed by atoms with Crippen molar-refractivity contribution in [2.24, 2.45) is 0 Å². The summed E-state index contributed by atoms with van der Waals surface area (Å²) in [4.78, 5) is 12.5. The highest BCUT2D eigenvalue weighted by Gasteiger charge is 2.19. The quantitative estimate of drug-likeness (QED) is 0.945. The summed E-state index contributed by atoms with van der Waals surface area (Å²) >= 11 is 0. The molecule has 0 saturated carbocycles. The van der Waals surface area contributed by atoms with Crippen LogP contribution in [0.1, 0.15) is 27.0 Å². The molecule has 0 aromatic heterocycles. The van der Waals surface area contributed by atoms with E-state index in [0.29, 0.717) is 0 Å². The van der Waals surface area contributed by atoms with Crippen LogP contribution in [0.5, 0.6) is 0 Å². The van der Waals surface area contributed by atoms with E-state index in [9.17, 15) is 13.2 Å². The zero-order valence-electron chi connectivity index (χ0n) is 13.1. The molecule has 0 aliphatic heterocycles. The van der Waals surface area contributed by atoms with E-state index < -0.39 is 15.7 Å². The highest BCUT2D eigenvalue weighted by Crippen LogP contribution is 2.24. The van der Waals surface area contributed by atoms with Gasteiger partial charge in [-0.25, -0.2) is 8.42 Å². The summed E-state index contributed by atoms with van der Waals surface area (Å²) in [7, 11) is -3.46. The summed E-state index contributed by atoms with van der Waals surface area (Å²) in [5.41, 5.74) is 3.89. The average molecular weight is 317 g/mol. The lowest BCUT2D eigenvalue weighted by molar-refractivity contribution is 0.102. The van der Waals surface area contributed by atoms with Crippen LogP contribution in [0.15, 0.2) is 41.3 Å². The van der Waals surface area contributed by atoms with Crippen LogP contribution in [-0.2, 0) is 9.84 Å². The van der Waals surface area contributed by atoms with Gasteiger partial charge in [0.25, 0.3) is 5.91 Å². The van der Waals surface area contributed by atoms with Crippen LogP contribution in [0.2, 0.25) is 0 Å². The van der Waals surface area contributed by atoms with Gasteiger partial charge in [0.2, 0.25) is 0 Å². The predicted octanol–water partition coefficient (Wildman–Crippen LogP) is 3.27. The van der Waals surface area contributed by atoms with Gasteiger partial charge in [0.1, 0.15) is 0 Å². The van der Waals surface area contributed by atoms with Gasteiger partial charge in [-0.3, -0.25) is 4.79 Å². The van der Waals surface area contributed by atoms with E-state index in [2.05, 4.69) is 5.32 Å². The van der Waals surface area contributed by atoms with Crippen molar-refractivity contribution in [2.75, 3.05) is 11.6 Å². The second-order valence-corrected chi connectivity index (χ2v) is 7.48. The number of sulfone groups is 1. The van der Waals surface area contributed by atoms with Gasteiger partial charge in [0, 0.05) is 11.9 Å². The molecule has 2 rings (SSSR count). The maximum absolute atomic E-state index is 12.5. The first-order chi connectivity index (χ1) is 10.2. The molecule has 22 heavy (non-hydrogen) atoms. The molecule has 0 unspecified atom stereocenters. The fourth-order valence-corrected chi connectivity index (χ4v) is 3.42. The van der Waals surface area contributed by atoms with Crippen LogP contribution in [0.3, 0.4) is 0 Å². The Morgan fingerprint density at radius 2 is 1.55 bits per heavy atom. The number of hydrogen-bond donors (Lipinski definition) is 1. The van der Waals surface area contributed by atoms with Gasteiger partial charge in [-0.2, -0.15) is 0 Å². The molecular formula is C17H19NO3S. The lowest BCUT2D eigenvalue weighted by Crippen LogP contribution is -2.17. The summed E-state index contributed by atoms with van der Waals surface area (Å²) in [6.07, 6.45) is 1.10. The van der Waals surface area contributed by atoms with E-state index in [0.717, 1.165) is 28.6 Å². The third-order valence-electron chi connectivity index (χ3n) is 3.45. The van der Waals surface area contributed by atoms with Crippen molar-refractivity contribution in [1.82, 2.24) is 0 Å². The molecule has 0 aliphatic rings. The van der Waals surface area contributed by atoms with Gasteiger partial charge in [0.05, 0.1) is 10.5 Å². The number of carbonyl (C=O) groups is 1. The first-order valence-corrected chi connectivity index (χ1v) is 8.77. The Kier molecular flexibility index (Phi) is 4.37. The van der Waals surface area contributed by atoms with E-state index in [4.69, 9.17) is 0 Å². The predicted molar refractivity (Wildman–Crippen MR) is 88.2 cm³/mol. The lowest BCUT2D eigenvalue weighted by Gasteiger charge is -2.14. The molecule has 0 heterocycles. The minimum Gasteiger partial charge on any atom is -0.321 e. The van der Waals surface area contributed by atoms with Crippen molar-refractivity contribution in [1.29, 1.82) is 0 Å². The highest BCUT2D eigenvalue weighted by atomic mass is 32.2. The standard InChI is InChI=1S/C17H19NO3S/c1-11-9-12(2)16(13(3)10-11)18-17(19)14-7-5-6-8-15(14)22(4,20)21/h5-10H,1-4H3,(H,18,19). The number of hydrogen-bond acceptors (Lipinski definition) is 3. The summed E-state index contributed by atoms with van der Waals surface area (Å²) in [6.45, 7) is 5.82. The number of anilines is 1. The Hall–Kier alpha value is -2.14. The Morgan fingerprint density at radius 1 is 1.00 bits per heavy atom. The maximum atomic E-state index is 12.5. The smallest absolute Gasteiger partial charge is 0.257 e. The van der Waals surface area contributed by atoms with Gasteiger partial charge in [-0.05, 0) is 44.0 Å². The highest BCUT2D eigenvalue weighted by molar-refractivity contribution is 7.90. The third kappa shape index (κ3) is 3.36. The number of rotatable bonds is 3. The number of aryl methyl sites for hydroxylation is 3. The van der Waals surface area contributed by atoms with Crippen molar-refractivity contribution < 1.29 is 13.2 Å². The molecule has 0 radical (unpaired) electrons. The summed E-state index contributed by atoms with van der Waals surface area (Å²) in [5, 5.41) is 2.83. The second-order valence-electron chi connectivity index (χ2n) is 5.50. The second kappa shape index (κ2) is 5.93. The van der Waals surface area contributed by atoms with Crippen LogP contribution >= 0.6 is 0 Å². The minimum absolute atomic E-state index is 0.0370. The van der Waals surface area contributed by atoms with E-state index >= 15 is 0 Å². The van der Waals surface area contributed by atoms with Crippen molar-refractivity contribution in [3.05, 3.63) is 58.7 Å². The molecular weight excluding hydrogens is 298 g/mol. The normalized spacial score (nSPS) is 11.3. The topological polar surface area (TPSA) is 63.2 Å². The van der Waals surface area contributed by atoms with Crippen molar-refractivity contribution in [3.63, 3.8) is 0 Å². The molecule has 0 bridgehead atoms. The minimum atomic E-state index is -3.46. The van der Waals surface area contributed by atoms with Crippen LogP contribution < -0.4 is 5.32 Å². The van der Waals surface area contributed by atoms with Crippen molar-refractivity contribution >= 4 is 21.4 Å². The number of benzene rings is 2. The summed E-state index contributed by atoms with van der Waals surface area (Å²) in [5.74, 6) is -0.420. The van der Waals surface area contributed by atoms with Crippen molar-refractivity contribution in [2.45, 2.75) is 25.7 Å². The van der Waals surface area contributed by atoms with Gasteiger partial charge in [-0.15, -0.1) is 0 Å². The molecule has 4 nitrogen and oxygen atoms in total. The number of amides is 1. The fraction of sp³-hybridized carbons (Fsp3) is 0.235. The molecule has 0 atom stereocenters.